The van der Waals surface area contributed by atoms with Crippen LogP contribution in [0.1, 0.15) is 24.0 Å². The summed E-state index contributed by atoms with van der Waals surface area (Å²) in [6.07, 6.45) is 5.38. The first-order valence-electron chi connectivity index (χ1n) is 5.32. The Balaban J connectivity index is 1.96. The molecule has 0 bridgehead atoms. The Morgan fingerprint density at radius 1 is 1.14 bits per heavy atom. The van der Waals surface area contributed by atoms with Crippen LogP contribution in [0.25, 0.3) is 5.57 Å². The van der Waals surface area contributed by atoms with Gasteiger partial charge in [0, 0.05) is 5.92 Å². The minimum atomic E-state index is -0.0904. The summed E-state index contributed by atoms with van der Waals surface area (Å²) in [6.45, 7) is 0. The van der Waals surface area contributed by atoms with Gasteiger partial charge in [0.1, 0.15) is 0 Å². The van der Waals surface area contributed by atoms with Crippen molar-refractivity contribution in [2.24, 2.45) is 5.92 Å². The van der Waals surface area contributed by atoms with Gasteiger partial charge in [0.2, 0.25) is 0 Å². The first-order valence-corrected chi connectivity index (χ1v) is 5.32. The molecular formula is C13H14O. The summed E-state index contributed by atoms with van der Waals surface area (Å²) >= 11 is 0. The lowest BCUT2D eigenvalue weighted by atomic mass is 9.75. The van der Waals surface area contributed by atoms with E-state index in [0.717, 1.165) is 19.3 Å². The maximum absolute atomic E-state index is 9.65. The van der Waals surface area contributed by atoms with Gasteiger partial charge in [-0.1, -0.05) is 30.3 Å². The summed E-state index contributed by atoms with van der Waals surface area (Å²) in [5.41, 5.74) is 4.18. The predicted octanol–water partition coefficient (Wildman–Crippen LogP) is 2.40. The molecule has 72 valence electrons. The van der Waals surface area contributed by atoms with Gasteiger partial charge in [-0.3, -0.25) is 0 Å². The van der Waals surface area contributed by atoms with E-state index in [1.54, 1.807) is 0 Å². The highest BCUT2D eigenvalue weighted by atomic mass is 16.3. The number of aliphatic hydroxyl groups is 1. The van der Waals surface area contributed by atoms with Gasteiger partial charge in [-0.25, -0.2) is 0 Å². The van der Waals surface area contributed by atoms with Crippen LogP contribution in [-0.4, -0.2) is 11.2 Å². The number of aliphatic hydroxyl groups excluding tert-OH is 1. The Labute approximate surface area is 84.1 Å². The van der Waals surface area contributed by atoms with Crippen LogP contribution in [0.15, 0.2) is 30.3 Å². The summed E-state index contributed by atoms with van der Waals surface area (Å²) in [5.74, 6) is 0.415. The number of benzene rings is 1. The van der Waals surface area contributed by atoms with Crippen LogP contribution in [0.3, 0.4) is 0 Å². The van der Waals surface area contributed by atoms with Crippen LogP contribution in [0.4, 0.5) is 0 Å². The molecule has 1 aromatic carbocycles. The van der Waals surface area contributed by atoms with Crippen LogP contribution >= 0.6 is 0 Å². The number of allylic oxidation sites excluding steroid dienone is 1. The lowest BCUT2D eigenvalue weighted by molar-refractivity contribution is 0.0553. The molecule has 0 aliphatic heterocycles. The van der Waals surface area contributed by atoms with E-state index in [1.165, 1.54) is 16.7 Å². The minimum absolute atomic E-state index is 0.0904. The predicted molar refractivity (Wildman–Crippen MR) is 56.9 cm³/mol. The van der Waals surface area contributed by atoms with Crippen molar-refractivity contribution in [1.82, 2.24) is 0 Å². The molecule has 2 aliphatic rings. The van der Waals surface area contributed by atoms with E-state index < -0.39 is 0 Å². The monoisotopic (exact) mass is 186 g/mol. The second-order valence-electron chi connectivity index (χ2n) is 4.27. The fourth-order valence-electron chi connectivity index (χ4n) is 2.51. The molecule has 0 amide bonds. The van der Waals surface area contributed by atoms with Crippen LogP contribution in [0.2, 0.25) is 0 Å². The minimum Gasteiger partial charge on any atom is -0.392 e. The van der Waals surface area contributed by atoms with Crippen LogP contribution < -0.4 is 0 Å². The van der Waals surface area contributed by atoms with Crippen molar-refractivity contribution in [1.29, 1.82) is 0 Å². The van der Waals surface area contributed by atoms with Gasteiger partial charge in [-0.05, 0) is 36.0 Å². The van der Waals surface area contributed by atoms with E-state index in [1.807, 2.05) is 0 Å². The maximum Gasteiger partial charge on any atom is 0.0609 e. The summed E-state index contributed by atoms with van der Waals surface area (Å²) in [6, 6.07) is 8.54. The Bertz CT molecular complexity index is 392. The zero-order valence-electron chi connectivity index (χ0n) is 8.11. The highest BCUT2D eigenvalue weighted by Crippen LogP contribution is 2.42. The number of hydrogen-bond donors (Lipinski definition) is 1. The SMILES string of the molecule is OC1CCC1C1=CCc2ccccc21. The quantitative estimate of drug-likeness (QED) is 0.714. The smallest absolute Gasteiger partial charge is 0.0609 e. The summed E-state index contributed by atoms with van der Waals surface area (Å²) in [4.78, 5) is 0. The molecule has 2 atom stereocenters. The third kappa shape index (κ3) is 1.05. The summed E-state index contributed by atoms with van der Waals surface area (Å²) in [7, 11) is 0. The molecule has 0 heterocycles. The van der Waals surface area contributed by atoms with E-state index >= 15 is 0 Å². The average molecular weight is 186 g/mol. The zero-order chi connectivity index (χ0) is 9.54. The van der Waals surface area contributed by atoms with E-state index in [2.05, 4.69) is 30.3 Å². The lowest BCUT2D eigenvalue weighted by Gasteiger charge is -2.34. The largest absolute Gasteiger partial charge is 0.392 e. The van der Waals surface area contributed by atoms with Gasteiger partial charge >= 0.3 is 0 Å². The summed E-state index contributed by atoms with van der Waals surface area (Å²) in [5, 5.41) is 9.65. The second kappa shape index (κ2) is 2.96. The fourth-order valence-corrected chi connectivity index (χ4v) is 2.51. The molecular weight excluding hydrogens is 172 g/mol. The molecule has 1 saturated carbocycles. The third-order valence-corrected chi connectivity index (χ3v) is 3.51. The van der Waals surface area contributed by atoms with Crippen molar-refractivity contribution in [2.45, 2.75) is 25.4 Å². The highest BCUT2D eigenvalue weighted by molar-refractivity contribution is 5.75. The van der Waals surface area contributed by atoms with Crippen molar-refractivity contribution in [3.8, 4) is 0 Å². The molecule has 14 heavy (non-hydrogen) atoms. The molecule has 3 rings (SSSR count). The maximum atomic E-state index is 9.65. The molecule has 1 aromatic rings. The molecule has 1 fully saturated rings. The normalized spacial score (nSPS) is 29.4. The average Bonchev–Trinajstić information content (AvgIpc) is 2.60. The van der Waals surface area contributed by atoms with E-state index in [0.29, 0.717) is 5.92 Å². The number of hydrogen-bond acceptors (Lipinski definition) is 1. The van der Waals surface area contributed by atoms with Crippen LogP contribution in [0, 0.1) is 5.92 Å². The molecule has 2 aliphatic carbocycles. The van der Waals surface area contributed by atoms with Gasteiger partial charge in [0.05, 0.1) is 6.10 Å². The summed E-state index contributed by atoms with van der Waals surface area (Å²) < 4.78 is 0. The van der Waals surface area contributed by atoms with Crippen molar-refractivity contribution >= 4 is 5.57 Å². The standard InChI is InChI=1S/C13H14O/c14-13-8-7-12(13)11-6-5-9-3-1-2-4-10(9)11/h1-4,6,12-14H,5,7-8H2. The fraction of sp³-hybridized carbons (Fsp3) is 0.385. The molecule has 2 unspecified atom stereocenters. The number of fused-ring (bicyclic) bond motifs is 1. The van der Waals surface area contributed by atoms with E-state index in [4.69, 9.17) is 0 Å². The Kier molecular flexibility index (Phi) is 1.74. The first-order chi connectivity index (χ1) is 6.86. The third-order valence-electron chi connectivity index (χ3n) is 3.51. The Morgan fingerprint density at radius 2 is 2.00 bits per heavy atom. The van der Waals surface area contributed by atoms with Crippen LogP contribution in [-0.2, 0) is 6.42 Å². The van der Waals surface area contributed by atoms with Gasteiger partial charge in [0.25, 0.3) is 0 Å². The van der Waals surface area contributed by atoms with Crippen molar-refractivity contribution in [3.63, 3.8) is 0 Å². The Hall–Kier alpha value is -1.08. The van der Waals surface area contributed by atoms with E-state index in [-0.39, 0.29) is 6.10 Å². The zero-order valence-corrected chi connectivity index (χ0v) is 8.11. The first kappa shape index (κ1) is 8.25. The molecule has 1 N–H and O–H groups in total. The number of rotatable bonds is 1. The molecule has 0 radical (unpaired) electrons. The molecule has 1 nitrogen and oxygen atoms in total. The van der Waals surface area contributed by atoms with Crippen LogP contribution in [0.5, 0.6) is 0 Å². The topological polar surface area (TPSA) is 20.2 Å². The second-order valence-corrected chi connectivity index (χ2v) is 4.27. The lowest BCUT2D eigenvalue weighted by Crippen LogP contribution is -2.31. The molecule has 0 saturated heterocycles. The van der Waals surface area contributed by atoms with Crippen molar-refractivity contribution < 1.29 is 5.11 Å². The molecule has 0 aromatic heterocycles. The van der Waals surface area contributed by atoms with Crippen molar-refractivity contribution in [3.05, 3.63) is 41.5 Å². The van der Waals surface area contributed by atoms with Gasteiger partial charge in [-0.15, -0.1) is 0 Å². The Morgan fingerprint density at radius 3 is 2.71 bits per heavy atom. The van der Waals surface area contributed by atoms with Gasteiger partial charge in [-0.2, -0.15) is 0 Å². The molecule has 1 heteroatoms. The van der Waals surface area contributed by atoms with E-state index in [9.17, 15) is 5.11 Å². The highest BCUT2D eigenvalue weighted by Gasteiger charge is 2.34. The van der Waals surface area contributed by atoms with Gasteiger partial charge < -0.3 is 5.11 Å². The molecule has 0 spiro atoms. The van der Waals surface area contributed by atoms with Gasteiger partial charge in [0.15, 0.2) is 0 Å². The van der Waals surface area contributed by atoms with Crippen molar-refractivity contribution in [2.75, 3.05) is 0 Å².